The van der Waals surface area contributed by atoms with Crippen molar-refractivity contribution >= 4 is 7.32 Å². The largest absolute Gasteiger partial charge is 0.732 e. The van der Waals surface area contributed by atoms with E-state index in [1.54, 1.807) is 0 Å². The second-order valence-electron chi connectivity index (χ2n) is 3.04. The summed E-state index contributed by atoms with van der Waals surface area (Å²) < 4.78 is 9.80. The van der Waals surface area contributed by atoms with Crippen LogP contribution in [0.2, 0.25) is 0 Å². The number of hydrogen-bond donors (Lipinski definition) is 0. The maximum Gasteiger partial charge on any atom is 0.732 e. The Bertz CT molecular complexity index is 577. The lowest BCUT2D eigenvalue weighted by molar-refractivity contribution is -1.03. The van der Waals surface area contributed by atoms with Gasteiger partial charge in [0.15, 0.2) is 0 Å². The van der Waals surface area contributed by atoms with Gasteiger partial charge in [-0.25, -0.2) is 19.4 Å². The van der Waals surface area contributed by atoms with Crippen LogP contribution in [0.25, 0.3) is 0 Å². The first kappa shape index (κ1) is 26.7. The number of nitrogens with zero attached hydrogens (tertiary/aromatic N) is 7. The minimum absolute atomic E-state index is 1.54. The third-order valence-electron chi connectivity index (χ3n) is 1.26. The molecule has 0 radical (unpaired) electrons. The van der Waals surface area contributed by atoms with E-state index in [1.807, 2.05) is 0 Å². The molecule has 0 fully saturated rings. The molecule has 0 aliphatic carbocycles. The summed E-state index contributed by atoms with van der Waals surface area (Å²) >= 11 is 0. The van der Waals surface area contributed by atoms with Crippen molar-refractivity contribution in [2.24, 2.45) is 0 Å². The highest BCUT2D eigenvalue weighted by Gasteiger charge is 2.49. The molecule has 0 unspecified atom stereocenters. The van der Waals surface area contributed by atoms with Crippen LogP contribution in [0, 0.1) is 70.8 Å². The summed E-state index contributed by atoms with van der Waals surface area (Å²) in [6.45, 7) is 0. The molecule has 0 bridgehead atoms. The molecule has 0 aliphatic rings. The highest BCUT2D eigenvalue weighted by Crippen LogP contribution is 2.18. The van der Waals surface area contributed by atoms with Gasteiger partial charge in [0.25, 0.3) is 15.3 Å². The molecule has 0 atom stereocenters. The summed E-state index contributed by atoms with van der Waals surface area (Å²) in [6, 6.07) is 0. The van der Waals surface area contributed by atoms with Gasteiger partial charge in [-0.05, 0) is 0 Å². The fourth-order valence-corrected chi connectivity index (χ4v) is 0.734. The Morgan fingerprint density at radius 3 is 0.767 bits per heavy atom. The van der Waals surface area contributed by atoms with Gasteiger partial charge in [0.1, 0.15) is 0 Å². The molecule has 0 rings (SSSR count). The molecule has 0 heterocycles. The fraction of sp³-hybridized carbons (Fsp3) is 1.00. The van der Waals surface area contributed by atoms with Gasteiger partial charge in [-0.15, -0.1) is 70.8 Å². The van der Waals surface area contributed by atoms with Crippen molar-refractivity contribution in [1.29, 1.82) is 0 Å². The lowest BCUT2D eigenvalue weighted by Crippen LogP contribution is -2.48. The predicted molar refractivity (Wildman–Crippen MR) is 65.0 cm³/mol. The van der Waals surface area contributed by atoms with E-state index in [4.69, 9.17) is 0 Å². The van der Waals surface area contributed by atoms with Crippen LogP contribution in [0.15, 0.2) is 0 Å². The molecule has 0 aliphatic heterocycles. The maximum atomic E-state index is 9.83. The lowest BCUT2D eigenvalue weighted by atomic mass is 10.3. The average molecular weight is 457 g/mol. The van der Waals surface area contributed by atoms with Crippen molar-refractivity contribution in [2.75, 3.05) is 0 Å². The Morgan fingerprint density at radius 1 is 0.433 bits per heavy atom. The summed E-state index contributed by atoms with van der Waals surface area (Å²) in [5.41, 5.74) is 0. The molecular weight excluding hydrogens is 457 g/mol. The zero-order chi connectivity index (χ0) is 24.1. The average Bonchev–Trinajstić information content (AvgIpc) is 2.41. The van der Waals surface area contributed by atoms with Crippen LogP contribution in [0.4, 0.5) is 0 Å². The third-order valence-corrected chi connectivity index (χ3v) is 1.26. The van der Waals surface area contributed by atoms with E-state index in [-0.39, 0.29) is 0 Å². The van der Waals surface area contributed by atoms with E-state index < -0.39 is 49.1 Å². The highest BCUT2D eigenvalue weighted by molar-refractivity contribution is 6.35. The topological polar surface area (TPSA) is 367 Å². The molecule has 0 aromatic heterocycles. The fourth-order valence-electron chi connectivity index (χ4n) is 0.734. The van der Waals surface area contributed by atoms with Gasteiger partial charge in [0.2, 0.25) is 0 Å². The molecule has 0 N–H and O–H groups in total. The zero-order valence-corrected chi connectivity index (χ0v) is 12.8. The Balaban J connectivity index is 0. The molecular formula is CBN7O21. The van der Waals surface area contributed by atoms with Crippen LogP contribution in [0.5, 0.6) is 0 Å². The van der Waals surface area contributed by atoms with E-state index in [2.05, 4.69) is 33.6 Å². The first-order valence-corrected chi connectivity index (χ1v) is 5.36. The van der Waals surface area contributed by atoms with Crippen molar-refractivity contribution in [2.45, 2.75) is 6.16 Å². The summed E-state index contributed by atoms with van der Waals surface area (Å²) in [6.07, 6.45) is -4.21. The molecule has 0 saturated heterocycles. The summed E-state index contributed by atoms with van der Waals surface area (Å²) in [5.74, 6) is 0. The Kier molecular flexibility index (Phi) is 10.6. The minimum Gasteiger partial charge on any atom is -0.309 e. The van der Waals surface area contributed by atoms with Crippen LogP contribution in [0.1, 0.15) is 0 Å². The van der Waals surface area contributed by atoms with Crippen LogP contribution in [-0.2, 0) is 33.6 Å². The molecule has 0 aromatic rings. The van der Waals surface area contributed by atoms with E-state index in [0.717, 1.165) is 0 Å². The smallest absolute Gasteiger partial charge is 0.309 e. The molecule has 0 spiro atoms. The van der Waals surface area contributed by atoms with Gasteiger partial charge >= 0.3 is 33.8 Å². The van der Waals surface area contributed by atoms with Gasteiger partial charge < -0.3 is 14.3 Å². The highest BCUT2D eigenvalue weighted by atomic mass is 17.3. The molecule has 0 amide bonds. The molecule has 29 heteroatoms. The maximum absolute atomic E-state index is 9.83. The van der Waals surface area contributed by atoms with Crippen molar-refractivity contribution in [3.63, 3.8) is 0 Å². The standard InChI is InChI=1S/CN4O12.BN3O9/c6-2(7)14-1(15-3(8)9,16-4(10)11)17-5(12)13;5-2(6)11-1(12-3(7)8)13-4(9)10. The normalized spacial score (nSPS) is 9.20. The van der Waals surface area contributed by atoms with E-state index in [9.17, 15) is 70.8 Å². The lowest BCUT2D eigenvalue weighted by Gasteiger charge is -2.22. The van der Waals surface area contributed by atoms with E-state index in [1.165, 1.54) is 0 Å². The predicted octanol–water partition coefficient (Wildman–Crippen LogP) is -2.97. The van der Waals surface area contributed by atoms with Crippen molar-refractivity contribution in [3.05, 3.63) is 70.8 Å². The van der Waals surface area contributed by atoms with Crippen molar-refractivity contribution in [3.8, 4) is 0 Å². The molecule has 168 valence electrons. The van der Waals surface area contributed by atoms with Gasteiger partial charge in [-0.2, -0.15) is 0 Å². The van der Waals surface area contributed by atoms with Crippen molar-refractivity contribution < 1.29 is 69.2 Å². The van der Waals surface area contributed by atoms with Crippen LogP contribution >= 0.6 is 0 Å². The summed E-state index contributed by atoms with van der Waals surface area (Å²) in [5, 5.41) is 55.7. The van der Waals surface area contributed by atoms with Gasteiger partial charge in [0, 0.05) is 0 Å². The Hall–Kier alpha value is -5.54. The monoisotopic (exact) mass is 457 g/mol. The minimum atomic E-state index is -4.21. The second-order valence-corrected chi connectivity index (χ2v) is 3.04. The van der Waals surface area contributed by atoms with Crippen LogP contribution in [0.3, 0.4) is 0 Å². The first-order valence-electron chi connectivity index (χ1n) is 5.36. The van der Waals surface area contributed by atoms with E-state index in [0.29, 0.717) is 0 Å². The quantitative estimate of drug-likeness (QED) is 0.109. The SMILES string of the molecule is O=[N+]([O-])OB(O[N+](=O)[O-])O[N+](=O)[O-].O=[N+]([O-])OC(O[N+](=O)[O-])(O[N+](=O)[O-])O[N+](=O)[O-]. The van der Waals surface area contributed by atoms with Gasteiger partial charge in [-0.1, -0.05) is 0 Å². The molecule has 0 saturated carbocycles. The van der Waals surface area contributed by atoms with Crippen molar-refractivity contribution in [1.82, 2.24) is 0 Å². The number of hydrogen-bond acceptors (Lipinski definition) is 21. The molecule has 0 aromatic carbocycles. The third kappa shape index (κ3) is 14.8. The molecule has 28 nitrogen and oxygen atoms in total. The number of rotatable bonds is 14. The second kappa shape index (κ2) is 12.0. The Morgan fingerprint density at radius 2 is 0.633 bits per heavy atom. The van der Waals surface area contributed by atoms with E-state index >= 15 is 0 Å². The Labute approximate surface area is 155 Å². The first-order chi connectivity index (χ1) is 13.6. The van der Waals surface area contributed by atoms with Crippen LogP contribution in [-0.4, -0.2) is 49.1 Å². The summed E-state index contributed by atoms with van der Waals surface area (Å²) in [4.78, 5) is 80.4. The molecule has 30 heavy (non-hydrogen) atoms. The van der Waals surface area contributed by atoms with Gasteiger partial charge in [-0.3, -0.25) is 0 Å². The zero-order valence-electron chi connectivity index (χ0n) is 12.8. The van der Waals surface area contributed by atoms with Crippen LogP contribution < -0.4 is 0 Å². The van der Waals surface area contributed by atoms with Gasteiger partial charge in [0.05, 0.1) is 0 Å². The summed E-state index contributed by atoms with van der Waals surface area (Å²) in [7, 11) is -2.64.